The zero-order valence-electron chi connectivity index (χ0n) is 19.2. The minimum atomic E-state index is 0.177. The fraction of sp³-hybridized carbons (Fsp3) is 0.522. The standard InChI is InChI=1S/C23H30ClN5O4/c1-4-32-18-11-15-10-17(33-20(15)13(2)26-18)19-21(24)28-23(25-7-8-31-3)29-22(19)27-16-6-5-14(9-16)12-30/h10-11,14,16,30H,4-9,12H2,1-3H3,(H2,25,27,28,29). The van der Waals surface area contributed by atoms with Crippen LogP contribution in [0, 0.1) is 12.8 Å². The molecule has 2 unspecified atom stereocenters. The maximum atomic E-state index is 9.53. The van der Waals surface area contributed by atoms with E-state index in [0.29, 0.717) is 60.2 Å². The molecule has 0 amide bonds. The van der Waals surface area contributed by atoms with Crippen LogP contribution in [0.4, 0.5) is 11.8 Å². The van der Waals surface area contributed by atoms with Crippen molar-refractivity contribution in [2.24, 2.45) is 5.92 Å². The highest BCUT2D eigenvalue weighted by atomic mass is 35.5. The average Bonchev–Trinajstić information content (AvgIpc) is 3.41. The number of nitrogens with zero attached hydrogens (tertiary/aromatic N) is 3. The van der Waals surface area contributed by atoms with E-state index in [4.69, 9.17) is 30.5 Å². The third-order valence-electron chi connectivity index (χ3n) is 5.78. The first kappa shape index (κ1) is 23.5. The number of halogens is 1. The van der Waals surface area contributed by atoms with Crippen LogP contribution in [0.2, 0.25) is 5.15 Å². The Labute approximate surface area is 197 Å². The Morgan fingerprint density at radius 1 is 1.24 bits per heavy atom. The molecule has 0 aliphatic heterocycles. The van der Waals surface area contributed by atoms with E-state index in [1.165, 1.54) is 0 Å². The van der Waals surface area contributed by atoms with E-state index in [2.05, 4.69) is 20.6 Å². The molecular weight excluding hydrogens is 446 g/mol. The van der Waals surface area contributed by atoms with Crippen molar-refractivity contribution in [3.8, 4) is 17.2 Å². The fourth-order valence-corrected chi connectivity index (χ4v) is 4.45. The number of pyridine rings is 1. The summed E-state index contributed by atoms with van der Waals surface area (Å²) in [5, 5.41) is 17.3. The van der Waals surface area contributed by atoms with Crippen LogP contribution in [0.5, 0.6) is 5.88 Å². The first-order chi connectivity index (χ1) is 16.0. The second kappa shape index (κ2) is 10.5. The van der Waals surface area contributed by atoms with Crippen LogP contribution in [0.15, 0.2) is 16.5 Å². The molecule has 3 aromatic rings. The Kier molecular flexibility index (Phi) is 7.52. The van der Waals surface area contributed by atoms with Gasteiger partial charge in [0.2, 0.25) is 11.8 Å². The van der Waals surface area contributed by atoms with Gasteiger partial charge in [0.25, 0.3) is 0 Å². The summed E-state index contributed by atoms with van der Waals surface area (Å²) in [6.07, 6.45) is 2.78. The molecular formula is C23H30ClN5O4. The highest BCUT2D eigenvalue weighted by molar-refractivity contribution is 6.32. The lowest BCUT2D eigenvalue weighted by atomic mass is 10.1. The number of methoxy groups -OCH3 is 1. The maximum Gasteiger partial charge on any atom is 0.226 e. The summed E-state index contributed by atoms with van der Waals surface area (Å²) in [5.74, 6) is 2.39. The van der Waals surface area contributed by atoms with Gasteiger partial charge in [-0.25, -0.2) is 9.97 Å². The normalized spacial score (nSPS) is 18.1. The van der Waals surface area contributed by atoms with Gasteiger partial charge in [0.05, 0.1) is 24.5 Å². The second-order valence-electron chi connectivity index (χ2n) is 8.19. The number of ether oxygens (including phenoxy) is 2. The SMILES string of the molecule is CCOc1cc2cc(-c3c(Cl)nc(NCCOC)nc3NC3CCC(CO)C3)oc2c(C)n1. The monoisotopic (exact) mass is 475 g/mol. The average molecular weight is 476 g/mol. The zero-order valence-corrected chi connectivity index (χ0v) is 19.9. The van der Waals surface area contributed by atoms with Crippen molar-refractivity contribution in [3.05, 3.63) is 23.0 Å². The van der Waals surface area contributed by atoms with Gasteiger partial charge >= 0.3 is 0 Å². The van der Waals surface area contributed by atoms with Crippen molar-refractivity contribution in [2.45, 2.75) is 39.2 Å². The van der Waals surface area contributed by atoms with Crippen LogP contribution < -0.4 is 15.4 Å². The lowest BCUT2D eigenvalue weighted by molar-refractivity contribution is 0.210. The second-order valence-corrected chi connectivity index (χ2v) is 8.55. The Hall–Kier alpha value is -2.62. The zero-order chi connectivity index (χ0) is 23.4. The topological polar surface area (TPSA) is 115 Å². The summed E-state index contributed by atoms with van der Waals surface area (Å²) in [6.45, 7) is 5.60. The van der Waals surface area contributed by atoms with Crippen LogP contribution in [-0.2, 0) is 4.74 Å². The van der Waals surface area contributed by atoms with E-state index < -0.39 is 0 Å². The van der Waals surface area contributed by atoms with E-state index in [9.17, 15) is 5.11 Å². The lowest BCUT2D eigenvalue weighted by Crippen LogP contribution is -2.19. The van der Waals surface area contributed by atoms with Crippen molar-refractivity contribution in [1.82, 2.24) is 15.0 Å². The smallest absolute Gasteiger partial charge is 0.226 e. The number of aryl methyl sites for hydroxylation is 1. The highest BCUT2D eigenvalue weighted by Crippen LogP contribution is 2.39. The number of nitrogens with one attached hydrogen (secondary N) is 2. The molecule has 0 aromatic carbocycles. The molecule has 4 rings (SSSR count). The molecule has 3 N–H and O–H groups in total. The largest absolute Gasteiger partial charge is 0.478 e. The van der Waals surface area contributed by atoms with Gasteiger partial charge in [0.15, 0.2) is 5.58 Å². The molecule has 3 aromatic heterocycles. The van der Waals surface area contributed by atoms with Gasteiger partial charge in [-0.3, -0.25) is 0 Å². The van der Waals surface area contributed by atoms with E-state index in [1.54, 1.807) is 7.11 Å². The maximum absolute atomic E-state index is 9.53. The molecule has 178 valence electrons. The summed E-state index contributed by atoms with van der Waals surface area (Å²) < 4.78 is 16.9. The third-order valence-corrected chi connectivity index (χ3v) is 6.05. The van der Waals surface area contributed by atoms with Gasteiger partial charge in [-0.1, -0.05) is 11.6 Å². The van der Waals surface area contributed by atoms with Gasteiger partial charge in [0, 0.05) is 37.8 Å². The summed E-state index contributed by atoms with van der Waals surface area (Å²) in [5.41, 5.74) is 1.99. The van der Waals surface area contributed by atoms with Crippen molar-refractivity contribution in [2.75, 3.05) is 44.1 Å². The van der Waals surface area contributed by atoms with E-state index in [-0.39, 0.29) is 17.8 Å². The fourth-order valence-electron chi connectivity index (χ4n) is 4.19. The molecule has 9 nitrogen and oxygen atoms in total. The molecule has 0 saturated heterocycles. The molecule has 0 radical (unpaired) electrons. The lowest BCUT2D eigenvalue weighted by Gasteiger charge is -2.18. The number of hydrogen-bond donors (Lipinski definition) is 3. The molecule has 1 aliphatic carbocycles. The molecule has 2 atom stereocenters. The molecule has 33 heavy (non-hydrogen) atoms. The molecule has 3 heterocycles. The summed E-state index contributed by atoms with van der Waals surface area (Å²) in [7, 11) is 1.64. The number of aliphatic hydroxyl groups excluding tert-OH is 1. The van der Waals surface area contributed by atoms with Gasteiger partial charge in [0.1, 0.15) is 16.7 Å². The Bertz CT molecular complexity index is 1110. The van der Waals surface area contributed by atoms with Gasteiger partial charge in [-0.05, 0) is 45.1 Å². The van der Waals surface area contributed by atoms with Crippen LogP contribution in [0.25, 0.3) is 22.3 Å². The predicted octanol–water partition coefficient (Wildman–Crippen LogP) is 4.28. The Balaban J connectivity index is 1.73. The quantitative estimate of drug-likeness (QED) is 0.292. The molecule has 0 bridgehead atoms. The van der Waals surface area contributed by atoms with Gasteiger partial charge in [-0.2, -0.15) is 4.98 Å². The van der Waals surface area contributed by atoms with Crippen molar-refractivity contribution < 1.29 is 19.0 Å². The first-order valence-corrected chi connectivity index (χ1v) is 11.6. The molecule has 1 saturated carbocycles. The molecule has 1 fully saturated rings. The summed E-state index contributed by atoms with van der Waals surface area (Å²) in [6, 6.07) is 3.94. The van der Waals surface area contributed by atoms with Crippen LogP contribution in [-0.4, -0.2) is 59.6 Å². The van der Waals surface area contributed by atoms with E-state index >= 15 is 0 Å². The van der Waals surface area contributed by atoms with Crippen LogP contribution >= 0.6 is 11.6 Å². The first-order valence-electron chi connectivity index (χ1n) is 11.2. The predicted molar refractivity (Wildman–Crippen MR) is 128 cm³/mol. The Morgan fingerprint density at radius 3 is 2.82 bits per heavy atom. The van der Waals surface area contributed by atoms with Crippen LogP contribution in [0.3, 0.4) is 0 Å². The number of aromatic nitrogens is 3. The molecule has 10 heteroatoms. The third kappa shape index (κ3) is 5.31. The number of furan rings is 1. The van der Waals surface area contributed by atoms with E-state index in [1.807, 2.05) is 26.0 Å². The number of rotatable bonds is 10. The minimum Gasteiger partial charge on any atom is -0.478 e. The number of aliphatic hydroxyl groups is 1. The Morgan fingerprint density at radius 2 is 2.09 bits per heavy atom. The van der Waals surface area contributed by atoms with Crippen molar-refractivity contribution in [1.29, 1.82) is 0 Å². The van der Waals surface area contributed by atoms with E-state index in [0.717, 1.165) is 30.3 Å². The number of anilines is 2. The highest BCUT2D eigenvalue weighted by Gasteiger charge is 2.27. The minimum absolute atomic E-state index is 0.177. The number of hydrogen-bond acceptors (Lipinski definition) is 9. The van der Waals surface area contributed by atoms with Crippen LogP contribution in [0.1, 0.15) is 31.9 Å². The van der Waals surface area contributed by atoms with Gasteiger partial charge in [-0.15, -0.1) is 0 Å². The summed E-state index contributed by atoms with van der Waals surface area (Å²) >= 11 is 6.67. The summed E-state index contributed by atoms with van der Waals surface area (Å²) in [4.78, 5) is 13.6. The van der Waals surface area contributed by atoms with Gasteiger partial charge < -0.3 is 29.6 Å². The van der Waals surface area contributed by atoms with Crippen molar-refractivity contribution in [3.63, 3.8) is 0 Å². The van der Waals surface area contributed by atoms with Crippen molar-refractivity contribution >= 4 is 34.3 Å². The number of fused-ring (bicyclic) bond motifs is 1. The molecule has 0 spiro atoms. The molecule has 1 aliphatic rings.